The van der Waals surface area contributed by atoms with Gasteiger partial charge in [0.15, 0.2) is 11.5 Å². The van der Waals surface area contributed by atoms with Crippen LogP contribution in [0.15, 0.2) is 65.8 Å². The van der Waals surface area contributed by atoms with Crippen LogP contribution in [0.1, 0.15) is 37.4 Å². The highest BCUT2D eigenvalue weighted by atomic mass is 32.2. The summed E-state index contributed by atoms with van der Waals surface area (Å²) in [5.41, 5.74) is 5.96. The van der Waals surface area contributed by atoms with Crippen LogP contribution in [-0.2, 0) is 15.2 Å². The molecule has 0 fully saturated rings. The maximum Gasteiger partial charge on any atom is 0.273 e. The number of benzene rings is 3. The van der Waals surface area contributed by atoms with E-state index >= 15 is 0 Å². The van der Waals surface area contributed by atoms with E-state index in [4.69, 9.17) is 24.1 Å². The third-order valence-electron chi connectivity index (χ3n) is 6.10. The standard InChI is InChI=1S/C32H39N3O8S/c1-22-7-9-23(10-8-22)18-33-35-32(39)27-16-29(42-13-11-40-2)30(43-14-12-41-3)17-28(27)34-31(38)25-6-4-5-24(15-25)20-44-21-26(37)19-36/h4-10,15-18,26,36-37H,11-14,19-21H2,1-3H3,(H,34,38)(H,35,39). The molecule has 0 aliphatic carbocycles. The first-order valence-electron chi connectivity index (χ1n) is 13.9. The summed E-state index contributed by atoms with van der Waals surface area (Å²) in [6.07, 6.45) is 0.718. The monoisotopic (exact) mass is 625 g/mol. The minimum Gasteiger partial charge on any atom is -0.487 e. The number of thioether (sulfide) groups is 1. The van der Waals surface area contributed by atoms with Gasteiger partial charge in [0, 0.05) is 37.4 Å². The Hall–Kier alpha value is -3.94. The highest BCUT2D eigenvalue weighted by Gasteiger charge is 2.20. The Labute approximate surface area is 261 Å². The third-order valence-corrected chi connectivity index (χ3v) is 7.26. The summed E-state index contributed by atoms with van der Waals surface area (Å²) in [6.45, 7) is 2.71. The number of nitrogens with zero attached hydrogens (tertiary/aromatic N) is 1. The molecule has 0 aliphatic rings. The van der Waals surface area contributed by atoms with E-state index in [1.807, 2.05) is 37.3 Å². The van der Waals surface area contributed by atoms with Crippen molar-refractivity contribution in [2.24, 2.45) is 5.10 Å². The molecule has 12 heteroatoms. The number of carbonyl (C=O) groups excluding carboxylic acids is 2. The molecular formula is C32H39N3O8S. The number of hydrogen-bond donors (Lipinski definition) is 4. The van der Waals surface area contributed by atoms with Crippen LogP contribution in [0.2, 0.25) is 0 Å². The largest absolute Gasteiger partial charge is 0.487 e. The molecule has 2 amide bonds. The molecule has 0 radical (unpaired) electrons. The van der Waals surface area contributed by atoms with Gasteiger partial charge in [-0.3, -0.25) is 9.59 Å². The van der Waals surface area contributed by atoms with Gasteiger partial charge in [-0.2, -0.15) is 16.9 Å². The number of carbonyl (C=O) groups is 2. The molecule has 1 atom stereocenters. The highest BCUT2D eigenvalue weighted by Crippen LogP contribution is 2.34. The Kier molecular flexibility index (Phi) is 14.7. The summed E-state index contributed by atoms with van der Waals surface area (Å²) >= 11 is 1.44. The van der Waals surface area contributed by atoms with Gasteiger partial charge in [0.05, 0.1) is 43.4 Å². The zero-order valence-corrected chi connectivity index (χ0v) is 25.9. The summed E-state index contributed by atoms with van der Waals surface area (Å²) in [6, 6.07) is 17.7. The number of aryl methyl sites for hydroxylation is 1. The van der Waals surface area contributed by atoms with Gasteiger partial charge >= 0.3 is 0 Å². The summed E-state index contributed by atoms with van der Waals surface area (Å²) in [5, 5.41) is 25.6. The predicted molar refractivity (Wildman–Crippen MR) is 171 cm³/mol. The highest BCUT2D eigenvalue weighted by molar-refractivity contribution is 7.98. The first-order valence-corrected chi connectivity index (χ1v) is 15.1. The lowest BCUT2D eigenvalue weighted by atomic mass is 10.1. The van der Waals surface area contributed by atoms with Crippen LogP contribution in [0.5, 0.6) is 11.5 Å². The second kappa shape index (κ2) is 18.7. The number of hydrogen-bond acceptors (Lipinski definition) is 10. The Morgan fingerprint density at radius 2 is 1.61 bits per heavy atom. The van der Waals surface area contributed by atoms with Gasteiger partial charge in [0.25, 0.3) is 11.8 Å². The normalized spacial score (nSPS) is 11.8. The van der Waals surface area contributed by atoms with Crippen LogP contribution in [0.4, 0.5) is 5.69 Å². The lowest BCUT2D eigenvalue weighted by molar-refractivity contribution is 0.0955. The van der Waals surface area contributed by atoms with Crippen LogP contribution in [-0.4, -0.2) is 87.4 Å². The van der Waals surface area contributed by atoms with Gasteiger partial charge < -0.3 is 34.5 Å². The Balaban J connectivity index is 1.89. The maximum absolute atomic E-state index is 13.4. The lowest BCUT2D eigenvalue weighted by Crippen LogP contribution is -2.22. The average Bonchev–Trinajstić information content (AvgIpc) is 3.03. The molecule has 0 aromatic heterocycles. The number of anilines is 1. The minimum absolute atomic E-state index is 0.107. The molecule has 236 valence electrons. The van der Waals surface area contributed by atoms with Crippen LogP contribution in [0.25, 0.3) is 0 Å². The van der Waals surface area contributed by atoms with E-state index in [1.165, 1.54) is 30.1 Å². The maximum atomic E-state index is 13.4. The molecule has 11 nitrogen and oxygen atoms in total. The molecule has 0 saturated heterocycles. The van der Waals surface area contributed by atoms with E-state index in [2.05, 4.69) is 15.8 Å². The van der Waals surface area contributed by atoms with E-state index in [9.17, 15) is 14.7 Å². The summed E-state index contributed by atoms with van der Waals surface area (Å²) in [5.74, 6) is 0.475. The topological polar surface area (TPSA) is 148 Å². The van der Waals surface area contributed by atoms with E-state index in [0.29, 0.717) is 36.0 Å². The number of nitrogens with one attached hydrogen (secondary N) is 2. The van der Waals surface area contributed by atoms with Crippen molar-refractivity contribution in [3.8, 4) is 11.5 Å². The van der Waals surface area contributed by atoms with E-state index < -0.39 is 17.9 Å². The fourth-order valence-corrected chi connectivity index (χ4v) is 4.70. The lowest BCUT2D eigenvalue weighted by Gasteiger charge is -2.17. The first-order chi connectivity index (χ1) is 21.3. The number of rotatable bonds is 18. The van der Waals surface area contributed by atoms with E-state index in [-0.39, 0.29) is 36.8 Å². The summed E-state index contributed by atoms with van der Waals surface area (Å²) in [7, 11) is 3.10. The Morgan fingerprint density at radius 3 is 2.27 bits per heavy atom. The second-order valence-electron chi connectivity index (χ2n) is 9.64. The van der Waals surface area contributed by atoms with Crippen molar-refractivity contribution in [2.45, 2.75) is 18.8 Å². The van der Waals surface area contributed by atoms with Crippen LogP contribution in [0, 0.1) is 6.92 Å². The van der Waals surface area contributed by atoms with Crippen LogP contribution in [0.3, 0.4) is 0 Å². The molecule has 0 saturated carbocycles. The fraction of sp³-hybridized carbons (Fsp3) is 0.344. The molecule has 0 heterocycles. The predicted octanol–water partition coefficient (Wildman–Crippen LogP) is 3.65. The van der Waals surface area contributed by atoms with Gasteiger partial charge in [-0.15, -0.1) is 0 Å². The van der Waals surface area contributed by atoms with E-state index in [1.54, 1.807) is 32.4 Å². The van der Waals surface area contributed by atoms with Crippen molar-refractivity contribution in [3.05, 3.63) is 88.5 Å². The van der Waals surface area contributed by atoms with Crippen molar-refractivity contribution in [2.75, 3.05) is 58.3 Å². The van der Waals surface area contributed by atoms with Gasteiger partial charge in [0.1, 0.15) is 13.2 Å². The number of aliphatic hydroxyl groups excluding tert-OH is 2. The molecule has 3 rings (SSSR count). The van der Waals surface area contributed by atoms with Crippen molar-refractivity contribution in [1.82, 2.24) is 5.43 Å². The Bertz CT molecular complexity index is 1380. The number of methoxy groups -OCH3 is 2. The molecule has 4 N–H and O–H groups in total. The molecule has 0 bridgehead atoms. The first kappa shape index (κ1) is 34.5. The molecule has 0 spiro atoms. The Morgan fingerprint density at radius 1 is 0.932 bits per heavy atom. The van der Waals surface area contributed by atoms with Gasteiger partial charge in [-0.1, -0.05) is 42.0 Å². The number of ether oxygens (including phenoxy) is 4. The second-order valence-corrected chi connectivity index (χ2v) is 10.7. The zero-order chi connectivity index (χ0) is 31.7. The number of amides is 2. The molecule has 3 aromatic rings. The molecule has 44 heavy (non-hydrogen) atoms. The average molecular weight is 626 g/mol. The molecule has 1 unspecified atom stereocenters. The summed E-state index contributed by atoms with van der Waals surface area (Å²) in [4.78, 5) is 26.8. The molecular weight excluding hydrogens is 586 g/mol. The zero-order valence-electron chi connectivity index (χ0n) is 25.1. The summed E-state index contributed by atoms with van der Waals surface area (Å²) < 4.78 is 21.9. The van der Waals surface area contributed by atoms with Gasteiger partial charge in [-0.25, -0.2) is 5.43 Å². The van der Waals surface area contributed by atoms with Crippen molar-refractivity contribution >= 4 is 35.5 Å². The molecule has 0 aliphatic heterocycles. The van der Waals surface area contributed by atoms with Crippen molar-refractivity contribution < 1.29 is 38.7 Å². The van der Waals surface area contributed by atoms with Crippen molar-refractivity contribution in [3.63, 3.8) is 0 Å². The fourth-order valence-electron chi connectivity index (χ4n) is 3.79. The van der Waals surface area contributed by atoms with Gasteiger partial charge in [0.2, 0.25) is 0 Å². The third kappa shape index (κ3) is 11.3. The van der Waals surface area contributed by atoms with Crippen LogP contribution >= 0.6 is 11.8 Å². The van der Waals surface area contributed by atoms with Crippen LogP contribution < -0.4 is 20.2 Å². The van der Waals surface area contributed by atoms with E-state index in [0.717, 1.165) is 16.7 Å². The number of hydrazone groups is 1. The SMILES string of the molecule is COCCOc1cc(NC(=O)c2cccc(CSCC(O)CO)c2)c(C(=O)NN=Cc2ccc(C)cc2)cc1OCCOC. The van der Waals surface area contributed by atoms with Gasteiger partial charge in [-0.05, 0) is 36.2 Å². The van der Waals surface area contributed by atoms with Crippen molar-refractivity contribution in [1.29, 1.82) is 0 Å². The number of aliphatic hydroxyl groups is 2. The smallest absolute Gasteiger partial charge is 0.273 e. The quantitative estimate of drug-likeness (QED) is 0.0945. The molecule has 3 aromatic carbocycles. The minimum atomic E-state index is -0.806.